The highest BCUT2D eigenvalue weighted by Gasteiger charge is 2.66. The zero-order chi connectivity index (χ0) is 93.2. The highest BCUT2D eigenvalue weighted by atomic mass is 16.9. The number of piperidine rings is 6. The molecule has 0 amide bonds. The molecule has 708 valence electrons. The maximum atomic E-state index is 15.8. The van der Waals surface area contributed by atoms with Crippen molar-refractivity contribution in [2.45, 2.75) is 365 Å². The van der Waals surface area contributed by atoms with Crippen molar-refractivity contribution >= 4 is 48.9 Å². The summed E-state index contributed by atoms with van der Waals surface area (Å²) >= 11 is 0. The van der Waals surface area contributed by atoms with Gasteiger partial charge in [-0.25, -0.2) is 38.4 Å². The van der Waals surface area contributed by atoms with Gasteiger partial charge in [0, 0.05) is 116 Å². The van der Waals surface area contributed by atoms with Crippen LogP contribution in [0.15, 0.2) is 0 Å². The Kier molecular flexibility index (Phi) is 30.2. The molecule has 0 bridgehead atoms. The molecule has 0 aromatic heterocycles. The van der Waals surface area contributed by atoms with Crippen molar-refractivity contribution in [3.05, 3.63) is 0 Å². The van der Waals surface area contributed by atoms with Gasteiger partial charge in [-0.2, -0.15) is 0 Å². The van der Waals surface area contributed by atoms with E-state index in [1.54, 1.807) is 41.5 Å². The van der Waals surface area contributed by atoms with Crippen LogP contribution in [0.3, 0.4) is 0 Å². The average Bonchev–Trinajstić information content (AvgIpc) is 0.760. The zero-order valence-electron chi connectivity index (χ0n) is 81.7. The molecule has 0 aromatic carbocycles. The van der Waals surface area contributed by atoms with Gasteiger partial charge in [-0.3, -0.25) is 0 Å². The lowest BCUT2D eigenvalue weighted by molar-refractivity contribution is -0.338. The predicted octanol–water partition coefficient (Wildman–Crippen LogP) is 14.8. The zero-order valence-corrected chi connectivity index (χ0v) is 81.7. The van der Waals surface area contributed by atoms with Gasteiger partial charge in [-0.05, 0) is 177 Å². The Labute approximate surface area is 733 Å². The molecule has 0 aliphatic carbocycles. The van der Waals surface area contributed by atoms with Crippen molar-refractivity contribution in [1.29, 1.82) is 0 Å². The van der Waals surface area contributed by atoms with Crippen LogP contribution < -0.4 is 0 Å². The monoisotopic (exact) mass is 1750 g/mol. The van der Waals surface area contributed by atoms with Crippen molar-refractivity contribution in [3.8, 4) is 0 Å². The van der Waals surface area contributed by atoms with Gasteiger partial charge in [0.25, 0.3) is 0 Å². The molecular weight excluding hydrogens is 1590 g/mol. The van der Waals surface area contributed by atoms with Gasteiger partial charge in [0.1, 0.15) is 49.8 Å². The van der Waals surface area contributed by atoms with Crippen LogP contribution in [0.5, 0.6) is 0 Å². The van der Waals surface area contributed by atoms with Crippen LogP contribution in [0.4, 0.5) is 28.8 Å². The van der Waals surface area contributed by atoms with Gasteiger partial charge in [0.2, 0.25) is 0 Å². The number of ether oxygens (including phenoxy) is 18. The van der Waals surface area contributed by atoms with Gasteiger partial charge in [-0.15, -0.1) is 0 Å². The maximum absolute atomic E-state index is 15.8. The number of carbonyl (C=O) groups is 8. The van der Waals surface area contributed by atoms with Crippen LogP contribution in [0.25, 0.3) is 0 Å². The molecule has 8 rings (SSSR count). The lowest BCUT2D eigenvalue weighted by Crippen LogP contribution is -2.64. The third-order valence-corrected chi connectivity index (χ3v) is 34.0. The van der Waals surface area contributed by atoms with Gasteiger partial charge in [0.05, 0.1) is 31.8 Å². The molecule has 0 N–H and O–H groups in total. The second-order valence-corrected chi connectivity index (χ2v) is 44.4. The van der Waals surface area contributed by atoms with E-state index in [1.165, 1.54) is 0 Å². The summed E-state index contributed by atoms with van der Waals surface area (Å²) in [5.74, 6) is -9.44. The fourth-order valence-electron chi connectivity index (χ4n) is 18.5. The molecule has 8 heterocycles. The first-order chi connectivity index (χ1) is 56.1. The molecule has 8 unspecified atom stereocenters. The van der Waals surface area contributed by atoms with E-state index in [4.69, 9.17) is 85.3 Å². The van der Waals surface area contributed by atoms with Gasteiger partial charge >= 0.3 is 60.4 Å². The summed E-state index contributed by atoms with van der Waals surface area (Å²) in [6.07, 6.45) is -17.3. The Morgan fingerprint density at radius 3 is 0.667 bits per heavy atom. The molecule has 8 aliphatic rings. The summed E-state index contributed by atoms with van der Waals surface area (Å²) in [5.41, 5.74) is -10.8. The molecule has 0 radical (unpaired) electrons. The van der Waals surface area contributed by atoms with Crippen molar-refractivity contribution in [2.24, 2.45) is 48.7 Å². The third-order valence-electron chi connectivity index (χ3n) is 34.0. The minimum absolute atomic E-state index is 0.0336. The van der Waals surface area contributed by atoms with E-state index in [-0.39, 0.29) is 39.3 Å². The third kappa shape index (κ3) is 19.6. The fraction of sp³-hybridized carbons (Fsp3) is 0.912. The highest BCUT2D eigenvalue weighted by Crippen LogP contribution is 2.52. The molecule has 32 nitrogen and oxygen atoms in total. The van der Waals surface area contributed by atoms with Crippen molar-refractivity contribution < 1.29 is 124 Å². The van der Waals surface area contributed by atoms with E-state index in [1.807, 2.05) is 208 Å². The minimum atomic E-state index is -3.26. The smallest absolute Gasteiger partial charge is 0.459 e. The highest BCUT2D eigenvalue weighted by molar-refractivity contribution is 5.85. The first-order valence-corrected chi connectivity index (χ1v) is 44.5. The Hall–Kier alpha value is -5.84. The molecule has 0 saturated carbocycles. The minimum Gasteiger partial charge on any atom is -0.459 e. The summed E-state index contributed by atoms with van der Waals surface area (Å²) in [6, 6.07) is 0. The predicted molar refractivity (Wildman–Crippen MR) is 456 cm³/mol. The van der Waals surface area contributed by atoms with Crippen LogP contribution in [-0.2, 0) is 94.9 Å². The van der Waals surface area contributed by atoms with Crippen LogP contribution in [-0.4, -0.2) is 306 Å². The van der Waals surface area contributed by atoms with E-state index >= 15 is 9.59 Å². The van der Waals surface area contributed by atoms with Crippen molar-refractivity contribution in [1.82, 2.24) is 29.4 Å². The maximum Gasteiger partial charge on any atom is 0.512 e. The molecular formula is C91H158N6O26. The van der Waals surface area contributed by atoms with E-state index in [9.17, 15) is 28.8 Å². The Morgan fingerprint density at radius 2 is 0.488 bits per heavy atom. The number of likely N-dealkylation sites (tertiary alicyclic amines) is 6. The van der Waals surface area contributed by atoms with Crippen LogP contribution in [0, 0.1) is 48.7 Å². The molecule has 8 atom stereocenters. The van der Waals surface area contributed by atoms with E-state index in [0.717, 1.165) is 0 Å². The Bertz CT molecular complexity index is 3380. The van der Waals surface area contributed by atoms with E-state index in [0.29, 0.717) is 77.8 Å². The Morgan fingerprint density at radius 1 is 0.309 bits per heavy atom. The van der Waals surface area contributed by atoms with Crippen molar-refractivity contribution in [2.75, 3.05) is 121 Å². The quantitative estimate of drug-likeness (QED) is 0.0492. The second-order valence-electron chi connectivity index (χ2n) is 44.4. The van der Waals surface area contributed by atoms with Crippen LogP contribution >= 0.6 is 0 Å². The lowest BCUT2D eigenvalue weighted by Gasteiger charge is -2.55. The first kappa shape index (κ1) is 103. The van der Waals surface area contributed by atoms with Gasteiger partial charge in [-0.1, -0.05) is 125 Å². The molecule has 8 fully saturated rings. The molecule has 0 aromatic rings. The van der Waals surface area contributed by atoms with E-state index in [2.05, 4.69) is 29.4 Å². The number of nitrogens with zero attached hydrogens (tertiary/aromatic N) is 6. The summed E-state index contributed by atoms with van der Waals surface area (Å²) in [6.45, 7) is 59.9. The van der Waals surface area contributed by atoms with Gasteiger partial charge in [0.15, 0.2) is 24.8 Å². The fourth-order valence-corrected chi connectivity index (χ4v) is 18.5. The molecule has 8 aliphatic heterocycles. The molecule has 32 heteroatoms. The largest absolute Gasteiger partial charge is 0.512 e. The SMILES string of the molecule is CCC(OC(=O)OC1CCN(C)C(C)(C)C1(C)C)C(OC(=O)OC1CCN(C)C(C)(C)C1(C)C)(OC(=O)OC1CCN(C)C(C)(C)C1(C)C)C(=O)OCC(C)(C)C1OCC2(CO1)COC(C(C)(C)COC(=O)C(OC(=O)OC1CCN(C)C(C)(C)C1(C)C)(OC(=O)OC1CCN(C)C(C)(C)C1(C)C)C(CC)OC(=O)OC1CCN(C)C(C)(C)C1(C)C)OC2. The summed E-state index contributed by atoms with van der Waals surface area (Å²) in [7, 11) is 11.9. The number of hydrogen-bond acceptors (Lipinski definition) is 32. The van der Waals surface area contributed by atoms with Gasteiger partial charge < -0.3 is 115 Å². The second kappa shape index (κ2) is 36.2. The number of carbonyl (C=O) groups excluding carboxylic acids is 8. The van der Waals surface area contributed by atoms with Crippen LogP contribution in [0.1, 0.15) is 259 Å². The molecule has 123 heavy (non-hydrogen) atoms. The number of rotatable bonds is 24. The summed E-state index contributed by atoms with van der Waals surface area (Å²) in [4.78, 5) is 134. The molecule has 8 saturated heterocycles. The standard InChI is InChI=1S/C91H158N6O26/c1-37-57(112-69(100)114-59-39-45-92(31)83(19,20)77(59,7)8)90(120-71(102)116-61-41-47-94(33)85(23,24)79(61,11)12,121-72(103)117-62-42-48-95(34)86(25,26)80(62,13)14)65(98)106-51-75(3,4)67-108-53-89(54-109-67)55-110-68(111-56-89)76(5,6)52-107-66(99)91(122-73(104)118-63-43-49-96(35)87(27,28)81(63,15)16,123-74(105)119-64-44-50-97(36)88(29,30)82(64,17)18)58(38-2)113-70(101)115-60-40-46-93(32)84(21,22)78(60,9)10/h57-64,67-68H,37-56H2,1-36H3. The molecule has 1 spiro atoms. The summed E-state index contributed by atoms with van der Waals surface area (Å²) in [5, 5.41) is 0. The Balaban J connectivity index is 1.05. The lowest BCUT2D eigenvalue weighted by atomic mass is 9.66. The number of hydrogen-bond donors (Lipinski definition) is 0. The average molecular weight is 1750 g/mol. The van der Waals surface area contributed by atoms with Crippen LogP contribution in [0.2, 0.25) is 0 Å². The van der Waals surface area contributed by atoms with E-state index < -0.39 is 217 Å². The topological polar surface area (TPSA) is 322 Å². The number of esters is 2. The normalized spacial score (nSPS) is 31.2. The first-order valence-electron chi connectivity index (χ1n) is 44.5. The van der Waals surface area contributed by atoms with Crippen molar-refractivity contribution in [3.63, 3.8) is 0 Å². The summed E-state index contributed by atoms with van der Waals surface area (Å²) < 4.78 is 113.